The summed E-state index contributed by atoms with van der Waals surface area (Å²) in [5.74, 6) is -1.15. The van der Waals surface area contributed by atoms with Gasteiger partial charge in [-0.2, -0.15) is 0 Å². The standard InChI is InChI=1S/C18H21NO5/c1-13(17(21)19-11-3-4-12-19)24-16(20)10-7-14-5-8-15(9-6-14)18(22)23-2/h5-10,13H,3-4,11-12H2,1-2H3/b10-7-/t13-/m0/s1. The molecule has 1 aliphatic rings. The number of amides is 1. The Balaban J connectivity index is 1.87. The Kier molecular flexibility index (Phi) is 6.12. The Morgan fingerprint density at radius 2 is 1.75 bits per heavy atom. The highest BCUT2D eigenvalue weighted by Gasteiger charge is 2.25. The number of hydrogen-bond donors (Lipinski definition) is 0. The first-order valence-corrected chi connectivity index (χ1v) is 7.87. The zero-order valence-corrected chi connectivity index (χ0v) is 13.9. The van der Waals surface area contributed by atoms with Crippen LogP contribution < -0.4 is 0 Å². The maximum Gasteiger partial charge on any atom is 0.337 e. The molecule has 0 saturated carbocycles. The van der Waals surface area contributed by atoms with Crippen LogP contribution >= 0.6 is 0 Å². The molecule has 128 valence electrons. The molecular weight excluding hydrogens is 310 g/mol. The number of rotatable bonds is 5. The number of methoxy groups -OCH3 is 1. The van der Waals surface area contributed by atoms with Crippen LogP contribution in [0.3, 0.4) is 0 Å². The number of carbonyl (C=O) groups is 3. The van der Waals surface area contributed by atoms with Gasteiger partial charge in [-0.05, 0) is 43.5 Å². The first kappa shape index (κ1) is 17.7. The summed E-state index contributed by atoms with van der Waals surface area (Å²) in [6, 6.07) is 6.59. The topological polar surface area (TPSA) is 72.9 Å². The molecule has 0 bridgehead atoms. The monoisotopic (exact) mass is 331 g/mol. The third-order valence-corrected chi connectivity index (χ3v) is 3.80. The highest BCUT2D eigenvalue weighted by Crippen LogP contribution is 2.11. The number of esters is 2. The van der Waals surface area contributed by atoms with Gasteiger partial charge in [-0.1, -0.05) is 12.1 Å². The van der Waals surface area contributed by atoms with Crippen LogP contribution in [0.4, 0.5) is 0 Å². The van der Waals surface area contributed by atoms with Crippen molar-refractivity contribution in [2.45, 2.75) is 25.9 Å². The highest BCUT2D eigenvalue weighted by molar-refractivity contribution is 5.91. The van der Waals surface area contributed by atoms with E-state index in [1.165, 1.54) is 13.2 Å². The molecule has 0 unspecified atom stereocenters. The second-order valence-corrected chi connectivity index (χ2v) is 5.56. The summed E-state index contributed by atoms with van der Waals surface area (Å²) >= 11 is 0. The minimum atomic E-state index is -0.790. The van der Waals surface area contributed by atoms with E-state index in [1.807, 2.05) is 0 Å². The molecule has 0 N–H and O–H groups in total. The summed E-state index contributed by atoms with van der Waals surface area (Å²) in [6.45, 7) is 3.03. The van der Waals surface area contributed by atoms with E-state index in [2.05, 4.69) is 4.74 Å². The highest BCUT2D eigenvalue weighted by atomic mass is 16.5. The Bertz CT molecular complexity index is 629. The lowest BCUT2D eigenvalue weighted by molar-refractivity contribution is -0.154. The van der Waals surface area contributed by atoms with Crippen LogP contribution in [0.2, 0.25) is 0 Å². The second kappa shape index (κ2) is 8.29. The van der Waals surface area contributed by atoms with Crippen LogP contribution in [-0.2, 0) is 19.1 Å². The maximum absolute atomic E-state index is 12.1. The number of benzene rings is 1. The molecule has 1 aromatic carbocycles. The average Bonchev–Trinajstić information content (AvgIpc) is 3.13. The Hall–Kier alpha value is -2.63. The van der Waals surface area contributed by atoms with Crippen LogP contribution in [0.1, 0.15) is 35.7 Å². The molecule has 0 aliphatic carbocycles. The van der Waals surface area contributed by atoms with Crippen LogP contribution in [0.25, 0.3) is 6.08 Å². The molecular formula is C18H21NO5. The molecule has 1 aliphatic heterocycles. The van der Waals surface area contributed by atoms with E-state index in [1.54, 1.807) is 42.2 Å². The van der Waals surface area contributed by atoms with Gasteiger partial charge in [0.05, 0.1) is 12.7 Å². The SMILES string of the molecule is COC(=O)c1ccc(/C=C\C(=O)O[C@@H](C)C(=O)N2CCCC2)cc1. The van der Waals surface area contributed by atoms with Crippen molar-refractivity contribution >= 4 is 23.9 Å². The molecule has 1 saturated heterocycles. The van der Waals surface area contributed by atoms with E-state index >= 15 is 0 Å². The first-order chi connectivity index (χ1) is 11.5. The van der Waals surface area contributed by atoms with Crippen molar-refractivity contribution in [2.75, 3.05) is 20.2 Å². The van der Waals surface area contributed by atoms with Crippen LogP contribution in [0.15, 0.2) is 30.3 Å². The number of ether oxygens (including phenoxy) is 2. The number of carbonyl (C=O) groups excluding carboxylic acids is 3. The summed E-state index contributed by atoms with van der Waals surface area (Å²) in [7, 11) is 1.32. The molecule has 1 aromatic rings. The van der Waals surface area contributed by atoms with Crippen molar-refractivity contribution in [3.63, 3.8) is 0 Å². The first-order valence-electron chi connectivity index (χ1n) is 7.87. The third-order valence-electron chi connectivity index (χ3n) is 3.80. The van der Waals surface area contributed by atoms with E-state index in [0.717, 1.165) is 31.5 Å². The van der Waals surface area contributed by atoms with E-state index in [4.69, 9.17) is 4.74 Å². The molecule has 2 rings (SSSR count). The van der Waals surface area contributed by atoms with Crippen molar-refractivity contribution in [1.82, 2.24) is 4.90 Å². The molecule has 0 radical (unpaired) electrons. The quantitative estimate of drug-likeness (QED) is 0.610. The number of likely N-dealkylation sites (tertiary alicyclic amines) is 1. The van der Waals surface area contributed by atoms with Crippen LogP contribution in [-0.4, -0.2) is 49.0 Å². The fourth-order valence-corrected chi connectivity index (χ4v) is 2.47. The normalized spacial score (nSPS) is 15.3. The van der Waals surface area contributed by atoms with Gasteiger partial charge in [0, 0.05) is 19.2 Å². The van der Waals surface area contributed by atoms with Crippen molar-refractivity contribution in [1.29, 1.82) is 0 Å². The summed E-state index contributed by atoms with van der Waals surface area (Å²) in [5.41, 5.74) is 1.17. The van der Waals surface area contributed by atoms with Crippen molar-refractivity contribution in [3.05, 3.63) is 41.5 Å². The summed E-state index contributed by atoms with van der Waals surface area (Å²) in [5, 5.41) is 0. The predicted octanol–water partition coefficient (Wildman–Crippen LogP) is 2.04. The smallest absolute Gasteiger partial charge is 0.337 e. The van der Waals surface area contributed by atoms with Gasteiger partial charge in [0.25, 0.3) is 5.91 Å². The lowest BCUT2D eigenvalue weighted by Crippen LogP contribution is -2.37. The molecule has 0 aromatic heterocycles. The molecule has 1 atom stereocenters. The van der Waals surface area contributed by atoms with Crippen molar-refractivity contribution < 1.29 is 23.9 Å². The minimum Gasteiger partial charge on any atom is -0.465 e. The zero-order valence-electron chi connectivity index (χ0n) is 13.9. The van der Waals surface area contributed by atoms with Gasteiger partial charge in [-0.25, -0.2) is 9.59 Å². The van der Waals surface area contributed by atoms with Crippen molar-refractivity contribution in [3.8, 4) is 0 Å². The van der Waals surface area contributed by atoms with Gasteiger partial charge >= 0.3 is 11.9 Å². The van der Waals surface area contributed by atoms with Crippen LogP contribution in [0, 0.1) is 0 Å². The Morgan fingerprint density at radius 3 is 2.33 bits per heavy atom. The lowest BCUT2D eigenvalue weighted by Gasteiger charge is -2.19. The summed E-state index contributed by atoms with van der Waals surface area (Å²) < 4.78 is 9.75. The maximum atomic E-state index is 12.1. The minimum absolute atomic E-state index is 0.156. The molecule has 24 heavy (non-hydrogen) atoms. The lowest BCUT2D eigenvalue weighted by atomic mass is 10.1. The van der Waals surface area contributed by atoms with Gasteiger partial charge in [-0.15, -0.1) is 0 Å². The van der Waals surface area contributed by atoms with E-state index in [9.17, 15) is 14.4 Å². The van der Waals surface area contributed by atoms with Gasteiger partial charge < -0.3 is 14.4 Å². The largest absolute Gasteiger partial charge is 0.465 e. The van der Waals surface area contributed by atoms with Gasteiger partial charge in [0.15, 0.2) is 6.10 Å². The molecule has 1 amide bonds. The van der Waals surface area contributed by atoms with Gasteiger partial charge in [-0.3, -0.25) is 4.79 Å². The predicted molar refractivity (Wildman–Crippen MR) is 88.2 cm³/mol. The second-order valence-electron chi connectivity index (χ2n) is 5.56. The van der Waals surface area contributed by atoms with Gasteiger partial charge in [0.1, 0.15) is 0 Å². The third kappa shape index (κ3) is 4.68. The van der Waals surface area contributed by atoms with E-state index in [0.29, 0.717) is 5.56 Å². The number of hydrogen-bond acceptors (Lipinski definition) is 5. The molecule has 0 spiro atoms. The molecule has 1 heterocycles. The van der Waals surface area contributed by atoms with E-state index in [-0.39, 0.29) is 5.91 Å². The molecule has 6 heteroatoms. The van der Waals surface area contributed by atoms with Gasteiger partial charge in [0.2, 0.25) is 0 Å². The molecule has 1 fully saturated rings. The summed E-state index contributed by atoms with van der Waals surface area (Å²) in [6.07, 6.45) is 4.03. The molecule has 6 nitrogen and oxygen atoms in total. The number of nitrogens with zero attached hydrogens (tertiary/aromatic N) is 1. The summed E-state index contributed by atoms with van der Waals surface area (Å²) in [4.78, 5) is 36.9. The Morgan fingerprint density at radius 1 is 1.12 bits per heavy atom. The zero-order chi connectivity index (χ0) is 17.5. The van der Waals surface area contributed by atoms with E-state index < -0.39 is 18.0 Å². The Labute approximate surface area is 141 Å². The fourth-order valence-electron chi connectivity index (χ4n) is 2.47. The van der Waals surface area contributed by atoms with Crippen LogP contribution in [0.5, 0.6) is 0 Å². The van der Waals surface area contributed by atoms with Crippen molar-refractivity contribution in [2.24, 2.45) is 0 Å². The average molecular weight is 331 g/mol. The fraction of sp³-hybridized carbons (Fsp3) is 0.389.